The van der Waals surface area contributed by atoms with E-state index in [1.807, 2.05) is 24.3 Å². The maximum Gasteiger partial charge on any atom is 0.244 e. The summed E-state index contributed by atoms with van der Waals surface area (Å²) in [5.41, 5.74) is 7.74. The number of benzene rings is 2. The zero-order chi connectivity index (χ0) is 18.9. The van der Waals surface area contributed by atoms with Gasteiger partial charge in [-0.15, -0.1) is 0 Å². The fourth-order valence-electron chi connectivity index (χ4n) is 3.04. The number of nitrogens with one attached hydrogen (secondary N) is 1. The first-order valence-electron chi connectivity index (χ1n) is 8.04. The van der Waals surface area contributed by atoms with Gasteiger partial charge in [-0.2, -0.15) is 4.31 Å². The molecule has 2 aromatic carbocycles. The predicted molar refractivity (Wildman–Crippen MR) is 96.6 cm³/mol. The second kappa shape index (κ2) is 6.89. The van der Waals surface area contributed by atoms with Crippen molar-refractivity contribution in [3.8, 4) is 0 Å². The van der Waals surface area contributed by atoms with Gasteiger partial charge in [0.25, 0.3) is 0 Å². The third kappa shape index (κ3) is 3.47. The van der Waals surface area contributed by atoms with Crippen LogP contribution in [-0.4, -0.2) is 30.6 Å². The van der Waals surface area contributed by atoms with Gasteiger partial charge in [0.2, 0.25) is 21.8 Å². The molecular weight excluding hydrogens is 354 g/mol. The molecule has 0 fully saturated rings. The molecule has 1 atom stereocenters. The first-order chi connectivity index (χ1) is 12.3. The summed E-state index contributed by atoms with van der Waals surface area (Å²) in [6, 6.07) is 12.3. The number of carbonyl (C=O) groups is 2. The largest absolute Gasteiger partial charge is 0.368 e. The topological polar surface area (TPSA) is 110 Å². The first-order valence-corrected chi connectivity index (χ1v) is 9.48. The third-order valence-corrected chi connectivity index (χ3v) is 6.18. The molecule has 0 bridgehead atoms. The van der Waals surface area contributed by atoms with Crippen LogP contribution >= 0.6 is 0 Å². The minimum absolute atomic E-state index is 0.0391. The summed E-state index contributed by atoms with van der Waals surface area (Å²) in [7, 11) is -3.92. The van der Waals surface area contributed by atoms with E-state index in [1.165, 1.54) is 31.2 Å². The van der Waals surface area contributed by atoms with Gasteiger partial charge in [0, 0.05) is 19.2 Å². The van der Waals surface area contributed by atoms with Gasteiger partial charge in [-0.05, 0) is 41.8 Å². The number of rotatable bonds is 4. The Hall–Kier alpha value is -2.71. The van der Waals surface area contributed by atoms with Crippen LogP contribution in [0.5, 0.6) is 0 Å². The molecular formula is C18H19N3O4S. The van der Waals surface area contributed by atoms with Crippen LogP contribution in [0.4, 0.5) is 5.69 Å². The maximum atomic E-state index is 13.1. The third-order valence-electron chi connectivity index (χ3n) is 4.32. The molecule has 1 aliphatic rings. The Labute approximate surface area is 151 Å². The van der Waals surface area contributed by atoms with Crippen LogP contribution in [0.15, 0.2) is 53.4 Å². The molecule has 0 aromatic heterocycles. The molecule has 0 spiro atoms. The predicted octanol–water partition coefficient (Wildman–Crippen LogP) is 1.25. The highest BCUT2D eigenvalue weighted by atomic mass is 32.2. The number of amides is 2. The van der Waals surface area contributed by atoms with Gasteiger partial charge in [0.1, 0.15) is 6.04 Å². The zero-order valence-corrected chi connectivity index (χ0v) is 15.0. The monoisotopic (exact) mass is 373 g/mol. The number of hydrogen-bond acceptors (Lipinski definition) is 4. The standard InChI is InChI=1S/C18H19N3O4S/c1-12(22)20-15-6-8-16(9-7-15)26(24,25)21-11-14-5-3-2-4-13(14)10-17(21)18(19)23/h2-9,17H,10-11H2,1H3,(H2,19,23)(H,20,22)/t17-/m0/s1. The normalized spacial score (nSPS) is 17.3. The van der Waals surface area contributed by atoms with E-state index in [4.69, 9.17) is 5.73 Å². The number of anilines is 1. The van der Waals surface area contributed by atoms with Crippen molar-refractivity contribution in [2.45, 2.75) is 30.8 Å². The lowest BCUT2D eigenvalue weighted by Crippen LogP contribution is -2.50. The Kier molecular flexibility index (Phi) is 4.80. The molecule has 136 valence electrons. The molecule has 2 aromatic rings. The van der Waals surface area contributed by atoms with E-state index in [2.05, 4.69) is 5.32 Å². The second-order valence-electron chi connectivity index (χ2n) is 6.15. The summed E-state index contributed by atoms with van der Waals surface area (Å²) in [5.74, 6) is -0.931. The van der Waals surface area contributed by atoms with E-state index in [0.29, 0.717) is 5.69 Å². The van der Waals surface area contributed by atoms with Crippen LogP contribution in [0.1, 0.15) is 18.1 Å². The molecule has 0 saturated heterocycles. The Bertz CT molecular complexity index is 955. The summed E-state index contributed by atoms with van der Waals surface area (Å²) in [5, 5.41) is 2.58. The molecule has 7 nitrogen and oxygen atoms in total. The van der Waals surface area contributed by atoms with Gasteiger partial charge in [-0.1, -0.05) is 24.3 Å². The maximum absolute atomic E-state index is 13.1. The van der Waals surface area contributed by atoms with Gasteiger partial charge in [-0.3, -0.25) is 9.59 Å². The molecule has 1 heterocycles. The highest BCUT2D eigenvalue weighted by Gasteiger charge is 2.38. The minimum Gasteiger partial charge on any atom is -0.368 e. The van der Waals surface area contributed by atoms with Crippen LogP contribution < -0.4 is 11.1 Å². The number of nitrogens with zero attached hydrogens (tertiary/aromatic N) is 1. The number of primary amides is 1. The van der Waals surface area contributed by atoms with E-state index in [-0.39, 0.29) is 23.8 Å². The van der Waals surface area contributed by atoms with Crippen LogP contribution in [0.25, 0.3) is 0 Å². The van der Waals surface area contributed by atoms with Gasteiger partial charge in [-0.25, -0.2) is 8.42 Å². The average Bonchev–Trinajstić information content (AvgIpc) is 2.60. The zero-order valence-electron chi connectivity index (χ0n) is 14.2. The number of nitrogens with two attached hydrogens (primary N) is 1. The van der Waals surface area contributed by atoms with Crippen LogP contribution in [0.2, 0.25) is 0 Å². The Morgan fingerprint density at radius 3 is 2.27 bits per heavy atom. The molecule has 0 saturated carbocycles. The molecule has 3 rings (SSSR count). The smallest absolute Gasteiger partial charge is 0.244 e. The van der Waals surface area contributed by atoms with Gasteiger partial charge < -0.3 is 11.1 Å². The average molecular weight is 373 g/mol. The van der Waals surface area contributed by atoms with Crippen molar-refractivity contribution in [1.29, 1.82) is 0 Å². The minimum atomic E-state index is -3.92. The van der Waals surface area contributed by atoms with Crippen LogP contribution in [0.3, 0.4) is 0 Å². The van der Waals surface area contributed by atoms with Gasteiger partial charge >= 0.3 is 0 Å². The lowest BCUT2D eigenvalue weighted by atomic mass is 9.96. The van der Waals surface area contributed by atoms with E-state index in [9.17, 15) is 18.0 Å². The van der Waals surface area contributed by atoms with Crippen molar-refractivity contribution < 1.29 is 18.0 Å². The van der Waals surface area contributed by atoms with Crippen molar-refractivity contribution in [1.82, 2.24) is 4.31 Å². The van der Waals surface area contributed by atoms with Crippen molar-refractivity contribution in [2.75, 3.05) is 5.32 Å². The molecule has 0 unspecified atom stereocenters. The first kappa shape index (κ1) is 18.1. The van der Waals surface area contributed by atoms with Gasteiger partial charge in [0.15, 0.2) is 0 Å². The molecule has 2 amide bonds. The Morgan fingerprint density at radius 1 is 1.08 bits per heavy atom. The lowest BCUT2D eigenvalue weighted by molar-refractivity contribution is -0.122. The molecule has 0 radical (unpaired) electrons. The second-order valence-corrected chi connectivity index (χ2v) is 8.04. The lowest BCUT2D eigenvalue weighted by Gasteiger charge is -2.34. The summed E-state index contributed by atoms with van der Waals surface area (Å²) < 4.78 is 27.3. The molecule has 0 aliphatic carbocycles. The number of sulfonamides is 1. The SMILES string of the molecule is CC(=O)Nc1ccc(S(=O)(=O)N2Cc3ccccc3C[C@H]2C(N)=O)cc1. The van der Waals surface area contributed by atoms with E-state index >= 15 is 0 Å². The van der Waals surface area contributed by atoms with Crippen LogP contribution in [0, 0.1) is 0 Å². The van der Waals surface area contributed by atoms with Crippen molar-refractivity contribution in [3.05, 3.63) is 59.7 Å². The highest BCUT2D eigenvalue weighted by Crippen LogP contribution is 2.29. The summed E-state index contributed by atoms with van der Waals surface area (Å²) >= 11 is 0. The fourth-order valence-corrected chi connectivity index (χ4v) is 4.62. The van der Waals surface area contributed by atoms with Crippen molar-refractivity contribution in [2.24, 2.45) is 5.73 Å². The molecule has 1 aliphatic heterocycles. The van der Waals surface area contributed by atoms with Crippen molar-refractivity contribution >= 4 is 27.5 Å². The molecule has 3 N–H and O–H groups in total. The van der Waals surface area contributed by atoms with E-state index in [0.717, 1.165) is 15.4 Å². The quantitative estimate of drug-likeness (QED) is 0.840. The number of fused-ring (bicyclic) bond motifs is 1. The number of hydrogen-bond donors (Lipinski definition) is 2. The summed E-state index contributed by atoms with van der Waals surface area (Å²) in [6.07, 6.45) is 0.245. The fraction of sp³-hybridized carbons (Fsp3) is 0.222. The Balaban J connectivity index is 1.96. The van der Waals surface area contributed by atoms with Gasteiger partial charge in [0.05, 0.1) is 4.90 Å². The van der Waals surface area contributed by atoms with Crippen LogP contribution in [-0.2, 0) is 32.6 Å². The Morgan fingerprint density at radius 2 is 1.69 bits per heavy atom. The number of carbonyl (C=O) groups excluding carboxylic acids is 2. The van der Waals surface area contributed by atoms with E-state index < -0.39 is 22.0 Å². The molecule has 26 heavy (non-hydrogen) atoms. The van der Waals surface area contributed by atoms with E-state index in [1.54, 1.807) is 0 Å². The van der Waals surface area contributed by atoms with Crippen molar-refractivity contribution in [3.63, 3.8) is 0 Å². The summed E-state index contributed by atoms with van der Waals surface area (Å²) in [6.45, 7) is 1.45. The highest BCUT2D eigenvalue weighted by molar-refractivity contribution is 7.89. The molecule has 8 heteroatoms. The summed E-state index contributed by atoms with van der Waals surface area (Å²) in [4.78, 5) is 23.0.